The van der Waals surface area contributed by atoms with Crippen LogP contribution in [0.3, 0.4) is 0 Å². The van der Waals surface area contributed by atoms with Crippen LogP contribution in [-0.4, -0.2) is 24.4 Å². The number of carbonyl (C=O) groups is 2. The quantitative estimate of drug-likeness (QED) is 0.534. The molecular weight excluding hydrogens is 264 g/mol. The van der Waals surface area contributed by atoms with E-state index < -0.39 is 11.8 Å². The Hall–Kier alpha value is -1.06. The monoisotopic (exact) mass is 296 g/mol. The lowest BCUT2D eigenvalue weighted by Gasteiger charge is -2.29. The van der Waals surface area contributed by atoms with Crippen molar-refractivity contribution in [3.05, 3.63) is 0 Å². The Labute approximate surface area is 129 Å². The summed E-state index contributed by atoms with van der Waals surface area (Å²) >= 11 is 0. The zero-order chi connectivity index (χ0) is 15.5. The third-order valence-electron chi connectivity index (χ3n) is 4.45. The molecule has 2 atom stereocenters. The second kappa shape index (κ2) is 10.6. The number of nitrogens with one attached hydrogen (secondary N) is 2. The lowest BCUT2D eigenvalue weighted by atomic mass is 9.86. The van der Waals surface area contributed by atoms with E-state index in [1.807, 2.05) is 0 Å². The minimum atomic E-state index is -0.471. The minimum Gasteiger partial charge on any atom is -0.348 e. The Bertz CT molecular complexity index is 318. The predicted octanol–water partition coefficient (Wildman–Crippen LogP) is 3.16. The zero-order valence-corrected chi connectivity index (χ0v) is 13.7. The van der Waals surface area contributed by atoms with Crippen LogP contribution in [0.1, 0.15) is 78.1 Å². The minimum absolute atomic E-state index is 0.172. The van der Waals surface area contributed by atoms with Gasteiger partial charge in [-0.05, 0) is 25.2 Å². The first-order chi connectivity index (χ1) is 10.1. The Morgan fingerprint density at radius 1 is 0.952 bits per heavy atom. The Balaban J connectivity index is 2.09. The van der Waals surface area contributed by atoms with E-state index >= 15 is 0 Å². The van der Waals surface area contributed by atoms with Crippen molar-refractivity contribution >= 4 is 11.8 Å². The number of amides is 2. The first-order valence-corrected chi connectivity index (χ1v) is 8.73. The van der Waals surface area contributed by atoms with Crippen molar-refractivity contribution in [1.82, 2.24) is 10.6 Å². The highest BCUT2D eigenvalue weighted by atomic mass is 16.2. The Morgan fingerprint density at radius 2 is 1.62 bits per heavy atom. The average molecular weight is 296 g/mol. The summed E-state index contributed by atoms with van der Waals surface area (Å²) in [7, 11) is 0. The van der Waals surface area contributed by atoms with E-state index in [2.05, 4.69) is 24.5 Å². The van der Waals surface area contributed by atoms with Gasteiger partial charge >= 0.3 is 11.8 Å². The van der Waals surface area contributed by atoms with E-state index in [9.17, 15) is 9.59 Å². The van der Waals surface area contributed by atoms with Gasteiger partial charge in [-0.3, -0.25) is 9.59 Å². The van der Waals surface area contributed by atoms with Gasteiger partial charge in [0.05, 0.1) is 0 Å². The molecule has 0 radical (unpaired) electrons. The number of rotatable bonds is 8. The normalized spacial score (nSPS) is 21.8. The summed E-state index contributed by atoms with van der Waals surface area (Å²) in [5.41, 5.74) is 0. The van der Waals surface area contributed by atoms with Crippen molar-refractivity contribution in [2.45, 2.75) is 84.1 Å². The fourth-order valence-corrected chi connectivity index (χ4v) is 2.95. The summed E-state index contributed by atoms with van der Waals surface area (Å²) in [5.74, 6) is -0.449. The third-order valence-corrected chi connectivity index (χ3v) is 4.45. The Morgan fingerprint density at radius 3 is 2.33 bits per heavy atom. The summed E-state index contributed by atoms with van der Waals surface area (Å²) < 4.78 is 0. The molecular formula is C17H32N2O2. The lowest BCUT2D eigenvalue weighted by molar-refractivity contribution is -0.140. The van der Waals surface area contributed by atoms with Gasteiger partial charge in [0.1, 0.15) is 0 Å². The maximum absolute atomic E-state index is 11.8. The summed E-state index contributed by atoms with van der Waals surface area (Å²) in [5, 5.41) is 5.61. The highest BCUT2D eigenvalue weighted by molar-refractivity contribution is 6.35. The largest absolute Gasteiger partial charge is 0.348 e. The van der Waals surface area contributed by atoms with E-state index in [4.69, 9.17) is 0 Å². The van der Waals surface area contributed by atoms with Gasteiger partial charge in [-0.15, -0.1) is 0 Å². The van der Waals surface area contributed by atoms with Gasteiger partial charge in [-0.25, -0.2) is 0 Å². The predicted molar refractivity (Wildman–Crippen MR) is 85.9 cm³/mol. The van der Waals surface area contributed by atoms with Crippen molar-refractivity contribution in [3.63, 3.8) is 0 Å². The lowest BCUT2D eigenvalue weighted by Crippen LogP contribution is -2.47. The molecule has 1 aliphatic rings. The number of carbonyl (C=O) groups excluding carboxylic acids is 2. The van der Waals surface area contributed by atoms with Crippen LogP contribution in [-0.2, 0) is 9.59 Å². The molecule has 0 aromatic carbocycles. The molecule has 0 bridgehead atoms. The standard InChI is InChI=1S/C17H32N2O2/c1-3-4-5-6-7-10-13-18-16(20)17(21)19-15-12-9-8-11-14(15)2/h14-15H,3-13H2,1-2H3,(H,18,20)(H,19,21)/t14-,15-/m0/s1. The fraction of sp³-hybridized carbons (Fsp3) is 0.882. The van der Waals surface area contributed by atoms with Crippen LogP contribution in [0, 0.1) is 5.92 Å². The first kappa shape index (κ1) is 18.0. The zero-order valence-electron chi connectivity index (χ0n) is 13.7. The van der Waals surface area contributed by atoms with Crippen LogP contribution >= 0.6 is 0 Å². The summed E-state index contributed by atoms with van der Waals surface area (Å²) in [4.78, 5) is 23.6. The maximum Gasteiger partial charge on any atom is 0.309 e. The topological polar surface area (TPSA) is 58.2 Å². The molecule has 0 unspecified atom stereocenters. The van der Waals surface area contributed by atoms with Crippen molar-refractivity contribution in [2.75, 3.05) is 6.54 Å². The van der Waals surface area contributed by atoms with Crippen molar-refractivity contribution < 1.29 is 9.59 Å². The molecule has 0 aromatic heterocycles. The van der Waals surface area contributed by atoms with E-state index in [0.29, 0.717) is 12.5 Å². The number of hydrogen-bond acceptors (Lipinski definition) is 2. The van der Waals surface area contributed by atoms with Gasteiger partial charge < -0.3 is 10.6 Å². The molecule has 0 aromatic rings. The smallest absolute Gasteiger partial charge is 0.309 e. The molecule has 4 heteroatoms. The van der Waals surface area contributed by atoms with Crippen molar-refractivity contribution in [3.8, 4) is 0 Å². The van der Waals surface area contributed by atoms with E-state index in [1.165, 1.54) is 32.1 Å². The second-order valence-electron chi connectivity index (χ2n) is 6.37. The molecule has 1 rings (SSSR count). The molecule has 0 spiro atoms. The van der Waals surface area contributed by atoms with Gasteiger partial charge in [-0.2, -0.15) is 0 Å². The average Bonchev–Trinajstić information content (AvgIpc) is 2.48. The van der Waals surface area contributed by atoms with Crippen LogP contribution in [0.2, 0.25) is 0 Å². The van der Waals surface area contributed by atoms with Crippen molar-refractivity contribution in [1.29, 1.82) is 0 Å². The molecule has 1 aliphatic carbocycles. The SMILES string of the molecule is CCCCCCCCNC(=O)C(=O)N[C@H]1CCCC[C@@H]1C. The molecule has 0 aliphatic heterocycles. The molecule has 1 saturated carbocycles. The molecule has 0 saturated heterocycles. The molecule has 0 heterocycles. The summed E-state index contributed by atoms with van der Waals surface area (Å²) in [6.45, 7) is 4.96. The molecule has 21 heavy (non-hydrogen) atoms. The first-order valence-electron chi connectivity index (χ1n) is 8.73. The van der Waals surface area contributed by atoms with Gasteiger partial charge in [0.15, 0.2) is 0 Å². The van der Waals surface area contributed by atoms with Crippen LogP contribution < -0.4 is 10.6 Å². The highest BCUT2D eigenvalue weighted by Crippen LogP contribution is 2.23. The molecule has 122 valence electrons. The van der Waals surface area contributed by atoms with E-state index in [0.717, 1.165) is 32.1 Å². The van der Waals surface area contributed by atoms with E-state index in [1.54, 1.807) is 0 Å². The van der Waals surface area contributed by atoms with Crippen LogP contribution in [0.4, 0.5) is 0 Å². The Kier molecular flexibility index (Phi) is 9.11. The molecule has 2 amide bonds. The maximum atomic E-state index is 11.8. The van der Waals surface area contributed by atoms with E-state index in [-0.39, 0.29) is 6.04 Å². The summed E-state index contributed by atoms with van der Waals surface area (Å²) in [6, 6.07) is 0.172. The van der Waals surface area contributed by atoms with Gasteiger partial charge in [0, 0.05) is 12.6 Å². The van der Waals surface area contributed by atoms with Crippen LogP contribution in [0.5, 0.6) is 0 Å². The van der Waals surface area contributed by atoms with Crippen molar-refractivity contribution in [2.24, 2.45) is 5.92 Å². The second-order valence-corrected chi connectivity index (χ2v) is 6.37. The molecule has 1 fully saturated rings. The van der Waals surface area contributed by atoms with Gasteiger partial charge in [-0.1, -0.05) is 58.8 Å². The summed E-state index contributed by atoms with van der Waals surface area (Å²) in [6.07, 6.45) is 11.6. The van der Waals surface area contributed by atoms with Crippen LogP contribution in [0.25, 0.3) is 0 Å². The molecule has 4 nitrogen and oxygen atoms in total. The number of unbranched alkanes of at least 4 members (excludes halogenated alkanes) is 5. The fourth-order valence-electron chi connectivity index (χ4n) is 2.95. The third kappa shape index (κ3) is 7.49. The van der Waals surface area contributed by atoms with Gasteiger partial charge in [0.2, 0.25) is 0 Å². The molecule has 2 N–H and O–H groups in total. The van der Waals surface area contributed by atoms with Gasteiger partial charge in [0.25, 0.3) is 0 Å². The van der Waals surface area contributed by atoms with Crippen LogP contribution in [0.15, 0.2) is 0 Å². The number of hydrogen-bond donors (Lipinski definition) is 2. The highest BCUT2D eigenvalue weighted by Gasteiger charge is 2.25.